The Morgan fingerprint density at radius 2 is 2.08 bits per heavy atom. The average Bonchev–Trinajstić information content (AvgIpc) is 2.07. The second-order valence-electron chi connectivity index (χ2n) is 2.25. The van der Waals surface area contributed by atoms with Crippen molar-refractivity contribution >= 4 is 34.1 Å². The molecule has 65 valence electrons. The van der Waals surface area contributed by atoms with Gasteiger partial charge in [-0.3, -0.25) is 0 Å². The second kappa shape index (κ2) is 11.5. The Balaban J connectivity index is 0. The van der Waals surface area contributed by atoms with Crippen molar-refractivity contribution < 1.29 is 9.84 Å². The number of hydrogen-bond donors (Lipinski definition) is 1. The molecule has 0 aliphatic carbocycles. The summed E-state index contributed by atoms with van der Waals surface area (Å²) in [4.78, 5) is 0. The Hall–Kier alpha value is 0.536. The van der Waals surface area contributed by atoms with Crippen molar-refractivity contribution in [1.82, 2.24) is 0 Å². The fourth-order valence-electron chi connectivity index (χ4n) is 0.724. The van der Waals surface area contributed by atoms with Crippen LogP contribution in [0.1, 0.15) is 26.2 Å². The number of aliphatic hydroxyl groups is 1. The van der Waals surface area contributed by atoms with E-state index in [-0.39, 0.29) is 12.4 Å². The van der Waals surface area contributed by atoms with Crippen molar-refractivity contribution in [2.45, 2.75) is 32.5 Å². The first kappa shape index (κ1) is 15.0. The summed E-state index contributed by atoms with van der Waals surface area (Å²) < 4.78 is 7.54. The number of ether oxygens (including phenoxy) is 1. The number of hydrogen-bond acceptors (Lipinski definition) is 2. The van der Waals surface area contributed by atoms with Crippen LogP contribution in [0.4, 0.5) is 0 Å². The van der Waals surface area contributed by atoms with Crippen molar-refractivity contribution in [1.29, 1.82) is 0 Å². The molecule has 1 fully saturated rings. The topological polar surface area (TPSA) is 29.5 Å². The summed E-state index contributed by atoms with van der Waals surface area (Å²) in [5.74, 6) is 2.69. The van der Waals surface area contributed by atoms with Crippen molar-refractivity contribution in [3.63, 3.8) is 0 Å². The maximum Gasteiger partial charge on any atom is 1.54 e. The van der Waals surface area contributed by atoms with Gasteiger partial charge in [-0.15, -0.1) is 12.4 Å². The predicted octanol–water partition coefficient (Wildman–Crippen LogP) is 1.06. The molecule has 1 rings (SSSR count). The maximum absolute atomic E-state index is 8.69. The lowest BCUT2D eigenvalue weighted by atomic mass is 10.2. The summed E-state index contributed by atoms with van der Waals surface area (Å²) in [6, 6.07) is 0. The van der Waals surface area contributed by atoms with E-state index in [1.807, 2.05) is 6.92 Å². The van der Waals surface area contributed by atoms with Crippen molar-refractivity contribution in [3.05, 3.63) is 0 Å². The zero-order valence-corrected chi connectivity index (χ0v) is 9.61. The molecule has 0 amide bonds. The van der Waals surface area contributed by atoms with Crippen LogP contribution in [0.25, 0.3) is 0 Å². The smallest absolute Gasteiger partial charge is 0.368 e. The molecule has 1 unspecified atom stereocenters. The van der Waals surface area contributed by atoms with E-state index in [4.69, 9.17) is 9.84 Å². The largest absolute Gasteiger partial charge is 1.54 e. The monoisotopic (exact) mass is 201 g/mol. The van der Waals surface area contributed by atoms with E-state index in [0.29, 0.717) is 0 Å². The molecule has 1 atom stereocenters. The zero-order chi connectivity index (χ0) is 8.53. The van der Waals surface area contributed by atoms with Gasteiger partial charge in [0.2, 0.25) is 0 Å². The van der Waals surface area contributed by atoms with Crippen LogP contribution in [0.2, 0.25) is 0 Å². The van der Waals surface area contributed by atoms with Crippen LogP contribution in [-0.2, 0) is 4.74 Å². The van der Waals surface area contributed by atoms with E-state index in [1.165, 1.54) is 0 Å². The normalized spacial score (nSPS) is 20.4. The molecule has 1 N–H and O–H groups in total. The van der Waals surface area contributed by atoms with E-state index in [2.05, 4.69) is 9.97 Å². The molecule has 1 aliphatic heterocycles. The third-order valence-electron chi connectivity index (χ3n) is 1.33. The number of rotatable bonds is 0. The van der Waals surface area contributed by atoms with Gasteiger partial charge >= 0.3 is 25.8 Å². The summed E-state index contributed by atoms with van der Waals surface area (Å²) in [6.45, 7) is 2.56. The lowest BCUT2D eigenvalue weighted by Gasteiger charge is -2.16. The van der Waals surface area contributed by atoms with Crippen molar-refractivity contribution in [2.24, 2.45) is 0 Å². The summed E-state index contributed by atoms with van der Waals surface area (Å²) in [5.41, 5.74) is 0. The molecule has 7 radical (unpaired) electrons. The SMILES string of the molecule is CC#[C][Mg+2].Cl.OC1CCCCO1. The summed E-state index contributed by atoms with van der Waals surface area (Å²) in [7, 11) is 0. The molecule has 0 spiro atoms. The minimum Gasteiger partial charge on any atom is -0.368 e. The molecular formula is C8H14ClMgO2+2. The van der Waals surface area contributed by atoms with Gasteiger partial charge in [-0.1, -0.05) is 0 Å². The van der Waals surface area contributed by atoms with Crippen LogP contribution in [0.15, 0.2) is 0 Å². The predicted molar refractivity (Wildman–Crippen MR) is 52.3 cm³/mol. The standard InChI is InChI=1S/C5H10O2.C3H3.ClH.Mg/c6-5-3-1-2-4-7-5;1-3-2;;/h5-6H,1-4H2;1H3;1H;/q;;;+2. The van der Waals surface area contributed by atoms with Gasteiger partial charge in [0.05, 0.1) is 0 Å². The summed E-state index contributed by atoms with van der Waals surface area (Å²) in [6.07, 6.45) is 2.58. The van der Waals surface area contributed by atoms with Crippen LogP contribution in [0.3, 0.4) is 0 Å². The number of aliphatic hydroxyl groups excluding tert-OH is 1. The highest BCUT2D eigenvalue weighted by atomic mass is 35.5. The van der Waals surface area contributed by atoms with Gasteiger partial charge in [0.25, 0.3) is 0 Å². The van der Waals surface area contributed by atoms with E-state index >= 15 is 0 Å². The van der Waals surface area contributed by atoms with E-state index in [0.717, 1.165) is 25.9 Å². The first-order valence-corrected chi connectivity index (χ1v) is 4.50. The molecule has 1 heterocycles. The van der Waals surface area contributed by atoms with Gasteiger partial charge in [-0.2, -0.15) is 0 Å². The molecular weight excluding hydrogens is 188 g/mol. The average molecular weight is 202 g/mol. The maximum atomic E-state index is 8.69. The fourth-order valence-corrected chi connectivity index (χ4v) is 0.724. The van der Waals surface area contributed by atoms with Gasteiger partial charge in [0, 0.05) is 13.5 Å². The van der Waals surface area contributed by atoms with Crippen molar-refractivity contribution in [3.8, 4) is 9.97 Å². The van der Waals surface area contributed by atoms with Gasteiger partial charge in [0.15, 0.2) is 6.29 Å². The molecule has 1 saturated heterocycles. The van der Waals surface area contributed by atoms with Crippen LogP contribution < -0.4 is 0 Å². The fraction of sp³-hybridized carbons (Fsp3) is 0.750. The Morgan fingerprint density at radius 3 is 2.25 bits per heavy atom. The van der Waals surface area contributed by atoms with Crippen LogP contribution in [0, 0.1) is 9.97 Å². The highest BCUT2D eigenvalue weighted by Crippen LogP contribution is 2.08. The molecule has 12 heavy (non-hydrogen) atoms. The summed E-state index contributed by atoms with van der Waals surface area (Å²) in [5, 5.41) is 8.69. The Labute approximate surface area is 92.9 Å². The molecule has 0 saturated carbocycles. The van der Waals surface area contributed by atoms with Crippen LogP contribution in [0.5, 0.6) is 0 Å². The van der Waals surface area contributed by atoms with Crippen LogP contribution in [-0.4, -0.2) is 39.7 Å². The van der Waals surface area contributed by atoms with Gasteiger partial charge in [-0.05, 0) is 25.2 Å². The first-order chi connectivity index (χ1) is 5.31. The highest BCUT2D eigenvalue weighted by Gasteiger charge is 2.17. The molecule has 1 aliphatic rings. The van der Waals surface area contributed by atoms with Crippen molar-refractivity contribution in [2.75, 3.05) is 6.61 Å². The summed E-state index contributed by atoms with van der Waals surface area (Å²) >= 11 is 1.66. The molecule has 0 aromatic carbocycles. The molecule has 0 bridgehead atoms. The second-order valence-corrected chi connectivity index (χ2v) is 2.60. The quantitative estimate of drug-likeness (QED) is 0.470. The van der Waals surface area contributed by atoms with Gasteiger partial charge in [0.1, 0.15) is 0 Å². The van der Waals surface area contributed by atoms with E-state index in [1.54, 1.807) is 21.7 Å². The zero-order valence-electron chi connectivity index (χ0n) is 7.38. The lowest BCUT2D eigenvalue weighted by molar-refractivity contribution is -0.123. The van der Waals surface area contributed by atoms with Crippen LogP contribution >= 0.6 is 12.4 Å². The molecule has 4 heteroatoms. The third kappa shape index (κ3) is 10.5. The molecule has 0 aromatic heterocycles. The minimum atomic E-state index is -0.464. The highest BCUT2D eigenvalue weighted by molar-refractivity contribution is 6.22. The Kier molecular flexibility index (Phi) is 14.4. The molecule has 2 nitrogen and oxygen atoms in total. The number of halogens is 1. The minimum absolute atomic E-state index is 0. The Bertz CT molecular complexity index is 130. The van der Waals surface area contributed by atoms with E-state index < -0.39 is 6.29 Å². The van der Waals surface area contributed by atoms with Gasteiger partial charge in [-0.25, -0.2) is 0 Å². The molecule has 0 aromatic rings. The first-order valence-electron chi connectivity index (χ1n) is 3.79. The Morgan fingerprint density at radius 1 is 1.50 bits per heavy atom. The third-order valence-corrected chi connectivity index (χ3v) is 1.69. The van der Waals surface area contributed by atoms with Gasteiger partial charge < -0.3 is 9.84 Å². The van der Waals surface area contributed by atoms with E-state index in [9.17, 15) is 0 Å². The lowest BCUT2D eigenvalue weighted by Crippen LogP contribution is -2.17.